The van der Waals surface area contributed by atoms with E-state index in [0.29, 0.717) is 35.2 Å². The van der Waals surface area contributed by atoms with Gasteiger partial charge in [-0.05, 0) is 47.9 Å². The summed E-state index contributed by atoms with van der Waals surface area (Å²) in [6, 6.07) is 14.2. The molecule has 1 unspecified atom stereocenters. The molecule has 0 radical (unpaired) electrons. The molecule has 3 aromatic rings. The molecule has 0 saturated carbocycles. The zero-order valence-electron chi connectivity index (χ0n) is 18.8. The number of hydrogen-bond acceptors (Lipinski definition) is 6. The Hall–Kier alpha value is -3.95. The van der Waals surface area contributed by atoms with E-state index < -0.39 is 17.9 Å². The van der Waals surface area contributed by atoms with Crippen LogP contribution in [0.15, 0.2) is 60.8 Å². The molecule has 2 N–H and O–H groups in total. The lowest BCUT2D eigenvalue weighted by molar-refractivity contribution is -0.107. The maximum atomic E-state index is 13.3. The number of nitrogens with zero attached hydrogens (tertiary/aromatic N) is 3. The molecule has 4 rings (SSSR count). The number of carbonyl (C=O) groups is 3. The van der Waals surface area contributed by atoms with Crippen molar-refractivity contribution in [3.05, 3.63) is 94.6 Å². The number of aliphatic hydroxyl groups is 2. The first kappa shape index (κ1) is 24.2. The molecule has 1 aliphatic heterocycles. The third-order valence-electron chi connectivity index (χ3n) is 5.87. The highest BCUT2D eigenvalue weighted by molar-refractivity contribution is 6.21. The summed E-state index contributed by atoms with van der Waals surface area (Å²) >= 11 is 0. The van der Waals surface area contributed by atoms with Crippen LogP contribution in [0.4, 0.5) is 10.1 Å². The van der Waals surface area contributed by atoms with Crippen LogP contribution in [0.3, 0.4) is 0 Å². The first-order chi connectivity index (χ1) is 16.9. The van der Waals surface area contributed by atoms with Gasteiger partial charge in [0.2, 0.25) is 6.41 Å². The minimum absolute atomic E-state index is 0.0163. The molecule has 0 fully saturated rings. The number of imide groups is 1. The first-order valence-corrected chi connectivity index (χ1v) is 11.1. The van der Waals surface area contributed by atoms with E-state index in [1.165, 1.54) is 17.0 Å². The van der Waals surface area contributed by atoms with Crippen molar-refractivity contribution in [3.8, 4) is 0 Å². The number of hydrogen-bond donors (Lipinski definition) is 2. The van der Waals surface area contributed by atoms with Crippen LogP contribution in [0.25, 0.3) is 0 Å². The van der Waals surface area contributed by atoms with Gasteiger partial charge in [-0.2, -0.15) is 0 Å². The molecule has 3 amide bonds. The van der Waals surface area contributed by atoms with Crippen molar-refractivity contribution in [3.63, 3.8) is 0 Å². The van der Waals surface area contributed by atoms with Crippen molar-refractivity contribution in [1.29, 1.82) is 0 Å². The molecule has 9 heteroatoms. The Balaban J connectivity index is 1.59. The zero-order chi connectivity index (χ0) is 24.9. The minimum Gasteiger partial charge on any atom is -0.396 e. The molecule has 0 aliphatic carbocycles. The summed E-state index contributed by atoms with van der Waals surface area (Å²) in [5.74, 6) is -1.21. The number of aliphatic hydroxyl groups excluding tert-OH is 2. The van der Waals surface area contributed by atoms with Gasteiger partial charge in [-0.3, -0.25) is 24.3 Å². The number of amides is 3. The Morgan fingerprint density at radius 1 is 1.03 bits per heavy atom. The van der Waals surface area contributed by atoms with Crippen LogP contribution in [-0.2, 0) is 11.2 Å². The molecule has 180 valence electrons. The quantitative estimate of drug-likeness (QED) is 0.343. The molecule has 8 nitrogen and oxygen atoms in total. The number of halogens is 1. The van der Waals surface area contributed by atoms with Gasteiger partial charge < -0.3 is 15.1 Å². The van der Waals surface area contributed by atoms with E-state index in [9.17, 15) is 29.0 Å². The van der Waals surface area contributed by atoms with Gasteiger partial charge in [-0.25, -0.2) is 4.39 Å². The summed E-state index contributed by atoms with van der Waals surface area (Å²) in [7, 11) is 0. The molecular weight excluding hydrogens is 453 g/mol. The van der Waals surface area contributed by atoms with Gasteiger partial charge in [-0.15, -0.1) is 0 Å². The van der Waals surface area contributed by atoms with E-state index in [-0.39, 0.29) is 37.6 Å². The van der Waals surface area contributed by atoms with Crippen LogP contribution >= 0.6 is 0 Å². The van der Waals surface area contributed by atoms with Crippen molar-refractivity contribution in [2.24, 2.45) is 0 Å². The Kier molecular flexibility index (Phi) is 7.28. The minimum atomic E-state index is -1.13. The predicted molar refractivity (Wildman–Crippen MR) is 125 cm³/mol. The fourth-order valence-electron chi connectivity index (χ4n) is 4.07. The van der Waals surface area contributed by atoms with Gasteiger partial charge in [-0.1, -0.05) is 24.3 Å². The van der Waals surface area contributed by atoms with Gasteiger partial charge >= 0.3 is 0 Å². The molecule has 0 bridgehead atoms. The Morgan fingerprint density at radius 3 is 2.29 bits per heavy atom. The van der Waals surface area contributed by atoms with Gasteiger partial charge in [0.15, 0.2) is 0 Å². The number of rotatable bonds is 10. The van der Waals surface area contributed by atoms with E-state index in [2.05, 4.69) is 4.98 Å². The second-order valence-electron chi connectivity index (χ2n) is 8.19. The number of aromatic nitrogens is 1. The lowest BCUT2D eigenvalue weighted by Gasteiger charge is -2.25. The molecule has 0 spiro atoms. The third-order valence-corrected chi connectivity index (χ3v) is 5.87. The number of fused-ring (bicyclic) bond motifs is 1. The topological polar surface area (TPSA) is 111 Å². The average molecular weight is 477 g/mol. The van der Waals surface area contributed by atoms with E-state index in [1.54, 1.807) is 48.7 Å². The highest BCUT2D eigenvalue weighted by atomic mass is 19.1. The van der Waals surface area contributed by atoms with Crippen LogP contribution < -0.4 is 4.90 Å². The second-order valence-corrected chi connectivity index (χ2v) is 8.19. The van der Waals surface area contributed by atoms with Crippen LogP contribution in [0.5, 0.6) is 0 Å². The first-order valence-electron chi connectivity index (χ1n) is 11.1. The highest BCUT2D eigenvalue weighted by Crippen LogP contribution is 2.29. The van der Waals surface area contributed by atoms with Gasteiger partial charge in [0, 0.05) is 32.3 Å². The fraction of sp³-hybridized carbons (Fsp3) is 0.231. The third kappa shape index (κ3) is 5.11. The summed E-state index contributed by atoms with van der Waals surface area (Å²) in [5, 5.41) is 19.8. The standard InChI is InChI=1S/C26H24FN3O5/c27-19-7-5-17(6-8-19)13-18-14-22(24(28-15-18)23(33)9-12-31)29(16-32)10-11-30-25(34)20-3-1-2-4-21(20)26(30)35/h1-8,14-16,23,31,33H,9-13H2. The maximum absolute atomic E-state index is 13.3. The average Bonchev–Trinajstić information content (AvgIpc) is 3.11. The van der Waals surface area contributed by atoms with Gasteiger partial charge in [0.1, 0.15) is 11.9 Å². The van der Waals surface area contributed by atoms with E-state index >= 15 is 0 Å². The lowest BCUT2D eigenvalue weighted by atomic mass is 10.0. The monoisotopic (exact) mass is 477 g/mol. The van der Waals surface area contributed by atoms with E-state index in [4.69, 9.17) is 0 Å². The smallest absolute Gasteiger partial charge is 0.261 e. The zero-order valence-corrected chi connectivity index (χ0v) is 18.8. The lowest BCUT2D eigenvalue weighted by Crippen LogP contribution is -2.38. The number of pyridine rings is 1. The van der Waals surface area contributed by atoms with Gasteiger partial charge in [0.25, 0.3) is 11.8 Å². The second kappa shape index (κ2) is 10.5. The maximum Gasteiger partial charge on any atom is 0.261 e. The molecule has 1 aliphatic rings. The molecule has 1 atom stereocenters. The van der Waals surface area contributed by atoms with Crippen molar-refractivity contribution in [2.45, 2.75) is 18.9 Å². The van der Waals surface area contributed by atoms with Crippen LogP contribution in [0.2, 0.25) is 0 Å². The van der Waals surface area contributed by atoms with E-state index in [0.717, 1.165) is 10.5 Å². The Labute approximate surface area is 201 Å². The number of benzene rings is 2. The number of anilines is 1. The highest BCUT2D eigenvalue weighted by Gasteiger charge is 2.35. The summed E-state index contributed by atoms with van der Waals surface area (Å²) in [6.45, 7) is -0.353. The van der Waals surface area contributed by atoms with Crippen LogP contribution in [-0.4, -0.2) is 58.0 Å². The van der Waals surface area contributed by atoms with Crippen molar-refractivity contribution < 1.29 is 29.0 Å². The molecule has 1 aromatic heterocycles. The molecule has 0 saturated heterocycles. The molecule has 2 heterocycles. The number of carbonyl (C=O) groups excluding carboxylic acids is 3. The molecular formula is C26H24FN3O5. The Morgan fingerprint density at radius 2 is 1.69 bits per heavy atom. The summed E-state index contributed by atoms with van der Waals surface area (Å²) < 4.78 is 13.3. The predicted octanol–water partition coefficient (Wildman–Crippen LogP) is 2.49. The molecule has 2 aromatic carbocycles. The van der Waals surface area contributed by atoms with Crippen molar-refractivity contribution >= 4 is 23.9 Å². The Bertz CT molecular complexity index is 1210. The van der Waals surface area contributed by atoms with Gasteiger partial charge in [0.05, 0.1) is 22.5 Å². The molecule has 35 heavy (non-hydrogen) atoms. The van der Waals surface area contributed by atoms with E-state index in [1.807, 2.05) is 0 Å². The van der Waals surface area contributed by atoms with Crippen LogP contribution in [0.1, 0.15) is 50.1 Å². The summed E-state index contributed by atoms with van der Waals surface area (Å²) in [5.41, 5.74) is 2.66. The van der Waals surface area contributed by atoms with Crippen LogP contribution in [0, 0.1) is 5.82 Å². The van der Waals surface area contributed by atoms with Crippen molar-refractivity contribution in [1.82, 2.24) is 9.88 Å². The summed E-state index contributed by atoms with van der Waals surface area (Å²) in [4.78, 5) is 44.1. The largest absolute Gasteiger partial charge is 0.396 e. The normalized spacial score (nSPS) is 13.6. The SMILES string of the molecule is O=CN(CCN1C(=O)c2ccccc2C1=O)c1cc(Cc2ccc(F)cc2)cnc1C(O)CCO. The van der Waals surface area contributed by atoms with Crippen molar-refractivity contribution in [2.75, 3.05) is 24.6 Å². The summed E-state index contributed by atoms with van der Waals surface area (Å²) in [6.07, 6.45) is 1.39. The fourth-order valence-corrected chi connectivity index (χ4v) is 4.07.